The van der Waals surface area contributed by atoms with Crippen LogP contribution in [0.3, 0.4) is 0 Å². The highest BCUT2D eigenvalue weighted by Gasteiger charge is 2.09. The molecule has 0 aliphatic heterocycles. The lowest BCUT2D eigenvalue weighted by Gasteiger charge is -2.23. The first-order valence-electron chi connectivity index (χ1n) is 9.16. The van der Waals surface area contributed by atoms with Crippen molar-refractivity contribution in [3.63, 3.8) is 0 Å². The largest absolute Gasteiger partial charge is 0.496 e. The van der Waals surface area contributed by atoms with Crippen LogP contribution in [0.15, 0.2) is 59.9 Å². The zero-order chi connectivity index (χ0) is 19.1. The molecule has 27 heavy (non-hydrogen) atoms. The van der Waals surface area contributed by atoms with Crippen molar-refractivity contribution in [3.05, 3.63) is 60.4 Å². The van der Waals surface area contributed by atoms with Crippen molar-refractivity contribution in [1.82, 2.24) is 19.8 Å². The molecule has 1 aromatic heterocycles. The summed E-state index contributed by atoms with van der Waals surface area (Å²) in [4.78, 5) is 10.9. The van der Waals surface area contributed by atoms with Crippen LogP contribution in [0.2, 0.25) is 0 Å². The standard InChI is InChI=1S/C21H27N5O/c1-22-21(25(2)15-17-9-4-7-12-20(17)27-3)23-13-8-14-26-16-24-18-10-5-6-11-19(18)26/h4-7,9-12,16H,8,13-15H2,1-3H3,(H,22,23). The lowest BCUT2D eigenvalue weighted by atomic mass is 10.2. The van der Waals surface area contributed by atoms with Gasteiger partial charge in [-0.1, -0.05) is 30.3 Å². The van der Waals surface area contributed by atoms with Gasteiger partial charge in [-0.25, -0.2) is 4.98 Å². The normalized spacial score (nSPS) is 11.6. The van der Waals surface area contributed by atoms with Crippen molar-refractivity contribution in [2.24, 2.45) is 4.99 Å². The number of aryl methyl sites for hydroxylation is 1. The minimum atomic E-state index is 0.732. The van der Waals surface area contributed by atoms with Crippen molar-refractivity contribution >= 4 is 17.0 Å². The molecule has 0 aliphatic rings. The molecule has 2 aromatic carbocycles. The second-order valence-corrected chi connectivity index (χ2v) is 6.42. The molecular weight excluding hydrogens is 338 g/mol. The monoisotopic (exact) mass is 365 g/mol. The summed E-state index contributed by atoms with van der Waals surface area (Å²) in [6.45, 7) is 2.49. The summed E-state index contributed by atoms with van der Waals surface area (Å²) >= 11 is 0. The molecule has 0 radical (unpaired) electrons. The average Bonchev–Trinajstić information content (AvgIpc) is 3.11. The van der Waals surface area contributed by atoms with Crippen molar-refractivity contribution in [3.8, 4) is 5.75 Å². The number of nitrogens with one attached hydrogen (secondary N) is 1. The Hall–Kier alpha value is -3.02. The quantitative estimate of drug-likeness (QED) is 0.397. The van der Waals surface area contributed by atoms with Gasteiger partial charge in [-0.3, -0.25) is 4.99 Å². The van der Waals surface area contributed by atoms with Gasteiger partial charge in [0.1, 0.15) is 5.75 Å². The minimum absolute atomic E-state index is 0.732. The molecule has 3 rings (SSSR count). The lowest BCUT2D eigenvalue weighted by Crippen LogP contribution is -2.39. The molecule has 0 aliphatic carbocycles. The summed E-state index contributed by atoms with van der Waals surface area (Å²) in [7, 11) is 5.54. The summed E-state index contributed by atoms with van der Waals surface area (Å²) in [5, 5.41) is 3.44. The van der Waals surface area contributed by atoms with Gasteiger partial charge in [-0.2, -0.15) is 0 Å². The number of rotatable bonds is 7. The van der Waals surface area contributed by atoms with Gasteiger partial charge in [0, 0.05) is 39.3 Å². The summed E-state index contributed by atoms with van der Waals surface area (Å²) in [6.07, 6.45) is 2.90. The van der Waals surface area contributed by atoms with E-state index in [9.17, 15) is 0 Å². The van der Waals surface area contributed by atoms with Gasteiger partial charge in [0.05, 0.1) is 24.5 Å². The average molecular weight is 365 g/mol. The molecule has 0 spiro atoms. The number of hydrogen-bond donors (Lipinski definition) is 1. The van der Waals surface area contributed by atoms with E-state index in [0.29, 0.717) is 0 Å². The molecule has 3 aromatic rings. The van der Waals surface area contributed by atoms with Gasteiger partial charge < -0.3 is 19.5 Å². The number of imidazole rings is 1. The van der Waals surface area contributed by atoms with Crippen molar-refractivity contribution < 1.29 is 4.74 Å². The first-order valence-corrected chi connectivity index (χ1v) is 9.16. The summed E-state index contributed by atoms with van der Waals surface area (Å²) < 4.78 is 7.63. The molecule has 0 saturated heterocycles. The Morgan fingerprint density at radius 3 is 2.78 bits per heavy atom. The van der Waals surface area contributed by atoms with Crippen LogP contribution in [0.4, 0.5) is 0 Å². The topological polar surface area (TPSA) is 54.7 Å². The fourth-order valence-corrected chi connectivity index (χ4v) is 3.19. The Balaban J connectivity index is 1.51. The van der Waals surface area contributed by atoms with Crippen LogP contribution in [0.25, 0.3) is 11.0 Å². The van der Waals surface area contributed by atoms with Gasteiger partial charge in [-0.15, -0.1) is 0 Å². The number of para-hydroxylation sites is 3. The van der Waals surface area contributed by atoms with Crippen molar-refractivity contribution in [1.29, 1.82) is 0 Å². The molecule has 0 atom stereocenters. The van der Waals surface area contributed by atoms with Crippen LogP contribution in [-0.4, -0.2) is 48.2 Å². The van der Waals surface area contributed by atoms with Crippen molar-refractivity contribution in [2.75, 3.05) is 27.7 Å². The first kappa shape index (κ1) is 18.8. The van der Waals surface area contributed by atoms with Crippen molar-refractivity contribution in [2.45, 2.75) is 19.5 Å². The van der Waals surface area contributed by atoms with Crippen LogP contribution >= 0.6 is 0 Å². The number of aliphatic imine (C=N–C) groups is 1. The molecule has 142 valence electrons. The SMILES string of the molecule is CN=C(NCCCn1cnc2ccccc21)N(C)Cc1ccccc1OC. The number of ether oxygens (including phenoxy) is 1. The third-order valence-corrected chi connectivity index (χ3v) is 4.56. The fraction of sp³-hybridized carbons (Fsp3) is 0.333. The third-order valence-electron chi connectivity index (χ3n) is 4.56. The second kappa shape index (κ2) is 9.07. The minimum Gasteiger partial charge on any atom is -0.496 e. The van der Waals surface area contributed by atoms with E-state index < -0.39 is 0 Å². The second-order valence-electron chi connectivity index (χ2n) is 6.42. The zero-order valence-electron chi connectivity index (χ0n) is 16.2. The smallest absolute Gasteiger partial charge is 0.193 e. The van der Waals surface area contributed by atoms with Crippen LogP contribution in [0.5, 0.6) is 5.75 Å². The molecule has 1 N–H and O–H groups in total. The molecule has 6 nitrogen and oxygen atoms in total. The van der Waals surface area contributed by atoms with Crippen LogP contribution in [0.1, 0.15) is 12.0 Å². The molecule has 1 heterocycles. The maximum absolute atomic E-state index is 5.44. The Labute approximate surface area is 160 Å². The number of methoxy groups -OCH3 is 1. The number of benzene rings is 2. The molecule has 0 bridgehead atoms. The van der Waals surface area contributed by atoms with E-state index in [0.717, 1.165) is 48.8 Å². The Morgan fingerprint density at radius 2 is 1.96 bits per heavy atom. The first-order chi connectivity index (χ1) is 13.2. The van der Waals surface area contributed by atoms with E-state index in [1.165, 1.54) is 5.52 Å². The summed E-state index contributed by atoms with van der Waals surface area (Å²) in [5.74, 6) is 1.77. The Kier molecular flexibility index (Phi) is 6.30. The molecule has 6 heteroatoms. The number of aromatic nitrogens is 2. The summed E-state index contributed by atoms with van der Waals surface area (Å²) in [6, 6.07) is 16.3. The van der Waals surface area contributed by atoms with Gasteiger partial charge in [0.2, 0.25) is 0 Å². The highest BCUT2D eigenvalue weighted by atomic mass is 16.5. The number of fused-ring (bicyclic) bond motifs is 1. The van der Waals surface area contributed by atoms with E-state index in [1.54, 1.807) is 7.11 Å². The van der Waals surface area contributed by atoms with Crippen LogP contribution in [-0.2, 0) is 13.1 Å². The zero-order valence-corrected chi connectivity index (χ0v) is 16.2. The molecule has 0 unspecified atom stereocenters. The van der Waals surface area contributed by atoms with E-state index >= 15 is 0 Å². The van der Waals surface area contributed by atoms with E-state index in [-0.39, 0.29) is 0 Å². The van der Waals surface area contributed by atoms with E-state index in [1.807, 2.05) is 56.8 Å². The number of guanidine groups is 1. The van der Waals surface area contributed by atoms with Gasteiger partial charge in [0.25, 0.3) is 0 Å². The Morgan fingerprint density at radius 1 is 1.19 bits per heavy atom. The highest BCUT2D eigenvalue weighted by Crippen LogP contribution is 2.18. The molecular formula is C21H27N5O. The Bertz CT molecular complexity index is 902. The predicted octanol–water partition coefficient (Wildman–Crippen LogP) is 3.14. The summed E-state index contributed by atoms with van der Waals surface area (Å²) in [5.41, 5.74) is 3.35. The van der Waals surface area contributed by atoms with Gasteiger partial charge >= 0.3 is 0 Å². The third kappa shape index (κ3) is 4.58. The molecule has 0 saturated carbocycles. The number of nitrogens with zero attached hydrogens (tertiary/aromatic N) is 4. The van der Waals surface area contributed by atoms with Gasteiger partial charge in [0.15, 0.2) is 5.96 Å². The molecule has 0 fully saturated rings. The highest BCUT2D eigenvalue weighted by molar-refractivity contribution is 5.79. The van der Waals surface area contributed by atoms with Crippen LogP contribution in [0, 0.1) is 0 Å². The van der Waals surface area contributed by atoms with E-state index in [2.05, 4.69) is 36.9 Å². The molecule has 0 amide bonds. The maximum atomic E-state index is 5.44. The van der Waals surface area contributed by atoms with Crippen LogP contribution < -0.4 is 10.1 Å². The lowest BCUT2D eigenvalue weighted by molar-refractivity contribution is 0.396. The van der Waals surface area contributed by atoms with Gasteiger partial charge in [-0.05, 0) is 24.6 Å². The number of hydrogen-bond acceptors (Lipinski definition) is 3. The van der Waals surface area contributed by atoms with E-state index in [4.69, 9.17) is 4.74 Å². The maximum Gasteiger partial charge on any atom is 0.193 e. The fourth-order valence-electron chi connectivity index (χ4n) is 3.19. The predicted molar refractivity (Wildman–Crippen MR) is 110 cm³/mol.